The molecular weight excluding hydrogens is 486 g/mol. The molecule has 7 rings (SSSR count). The zero-order valence-electron chi connectivity index (χ0n) is 20.9. The number of para-hydroxylation sites is 1. The van der Waals surface area contributed by atoms with Crippen molar-refractivity contribution < 1.29 is 23.5 Å². The van der Waals surface area contributed by atoms with E-state index in [9.17, 15) is 9.90 Å². The number of ether oxygens (including phenoxy) is 1. The van der Waals surface area contributed by atoms with Gasteiger partial charge < -0.3 is 35.0 Å². The van der Waals surface area contributed by atoms with E-state index < -0.39 is 23.7 Å². The summed E-state index contributed by atoms with van der Waals surface area (Å²) < 4.78 is 19.0. The fourth-order valence-electron chi connectivity index (χ4n) is 5.84. The van der Waals surface area contributed by atoms with Crippen molar-refractivity contribution >= 4 is 11.6 Å². The van der Waals surface area contributed by atoms with Crippen molar-refractivity contribution in [1.82, 2.24) is 15.3 Å². The average Bonchev–Trinajstić information content (AvgIpc) is 3.66. The smallest absolute Gasteiger partial charge is 0.249 e. The summed E-state index contributed by atoms with van der Waals surface area (Å²) >= 11 is 0. The Hall–Kier alpha value is -4.15. The van der Waals surface area contributed by atoms with Crippen LogP contribution >= 0.6 is 0 Å². The SMILES string of the molecule is CC(C)[C@@H]1NC(=O)C(N)Cc2ccc3c(c2)C2(c4ccccc4N[C@H]2O3)c2oc1nc2-c1nc(CO)co1. The normalized spacial score (nSPS) is 25.1. The number of nitrogens with one attached hydrogen (secondary N) is 2. The molecule has 38 heavy (non-hydrogen) atoms. The number of fused-ring (bicyclic) bond motifs is 4. The van der Waals surface area contributed by atoms with Gasteiger partial charge in [0.2, 0.25) is 17.7 Å². The molecule has 4 atom stereocenters. The number of benzene rings is 2. The Morgan fingerprint density at radius 1 is 1.16 bits per heavy atom. The monoisotopic (exact) mass is 513 g/mol. The third-order valence-electron chi connectivity index (χ3n) is 7.69. The van der Waals surface area contributed by atoms with Gasteiger partial charge in [-0.25, -0.2) is 9.97 Å². The van der Waals surface area contributed by atoms with Gasteiger partial charge in [-0.05, 0) is 35.6 Å². The highest BCUT2D eigenvalue weighted by atomic mass is 16.5. The molecule has 3 aliphatic rings. The first-order chi connectivity index (χ1) is 18.4. The lowest BCUT2D eigenvalue weighted by atomic mass is 9.72. The molecule has 0 radical (unpaired) electrons. The van der Waals surface area contributed by atoms with Gasteiger partial charge in [-0.1, -0.05) is 44.2 Å². The van der Waals surface area contributed by atoms with E-state index in [0.29, 0.717) is 35.2 Å². The number of nitrogens with zero attached hydrogens (tertiary/aromatic N) is 2. The van der Waals surface area contributed by atoms with Gasteiger partial charge in [0.15, 0.2) is 17.7 Å². The molecule has 1 amide bonds. The van der Waals surface area contributed by atoms with Crippen LogP contribution in [0.5, 0.6) is 5.75 Å². The van der Waals surface area contributed by atoms with Crippen LogP contribution in [-0.2, 0) is 23.2 Å². The molecule has 4 bridgehead atoms. The maximum absolute atomic E-state index is 13.1. The summed E-state index contributed by atoms with van der Waals surface area (Å²) in [5, 5.41) is 16.2. The van der Waals surface area contributed by atoms with Gasteiger partial charge >= 0.3 is 0 Å². The molecule has 10 nitrogen and oxygen atoms in total. The second-order valence-corrected chi connectivity index (χ2v) is 10.4. The van der Waals surface area contributed by atoms with Gasteiger partial charge in [0.1, 0.15) is 29.2 Å². The topological polar surface area (TPSA) is 149 Å². The lowest BCUT2D eigenvalue weighted by Crippen LogP contribution is -2.45. The van der Waals surface area contributed by atoms with Crippen LogP contribution in [-0.4, -0.2) is 33.3 Å². The molecular formula is C28H27N5O5. The number of rotatable bonds is 3. The van der Waals surface area contributed by atoms with E-state index >= 15 is 0 Å². The standard InChI is InChI=1S/C28H27N5O5/c1-13(2)21-26-33-22(25-30-15(11-34)12-36-25)23(38-26)28-16-5-3-4-6-19(16)31-27(28)37-20-8-7-14(9-17(20)28)10-18(29)24(35)32-21/h3-9,12-13,18,21,27,31,34H,10-11,29H2,1-2H3,(H,32,35)/t18?,21-,27-,28?/m0/s1. The second kappa shape index (κ2) is 8.17. The van der Waals surface area contributed by atoms with E-state index in [1.807, 2.05) is 56.3 Å². The Kier molecular flexibility index (Phi) is 4.95. The van der Waals surface area contributed by atoms with Crippen LogP contribution in [0.3, 0.4) is 0 Å². The summed E-state index contributed by atoms with van der Waals surface area (Å²) in [6.07, 6.45) is 1.23. The van der Waals surface area contributed by atoms with Gasteiger partial charge in [-0.3, -0.25) is 4.79 Å². The van der Waals surface area contributed by atoms with E-state index in [4.69, 9.17) is 24.3 Å². The van der Waals surface area contributed by atoms with Crippen LogP contribution in [0.15, 0.2) is 57.6 Å². The molecule has 2 aromatic carbocycles. The first-order valence-electron chi connectivity index (χ1n) is 12.7. The number of aromatic nitrogens is 2. The van der Waals surface area contributed by atoms with Crippen molar-refractivity contribution in [3.05, 3.63) is 82.8 Å². The van der Waals surface area contributed by atoms with Gasteiger partial charge in [0.05, 0.1) is 12.6 Å². The number of hydrogen-bond acceptors (Lipinski definition) is 9. The first kappa shape index (κ1) is 23.0. The molecule has 10 heteroatoms. The van der Waals surface area contributed by atoms with Crippen molar-refractivity contribution in [2.45, 2.75) is 50.6 Å². The van der Waals surface area contributed by atoms with Gasteiger partial charge in [0, 0.05) is 11.3 Å². The van der Waals surface area contributed by atoms with Gasteiger partial charge in [0.25, 0.3) is 0 Å². The van der Waals surface area contributed by atoms with E-state index in [1.54, 1.807) is 0 Å². The van der Waals surface area contributed by atoms with E-state index in [0.717, 1.165) is 22.4 Å². The number of aliphatic hydroxyl groups is 1. The minimum absolute atomic E-state index is 0.0542. The number of hydrogen-bond donors (Lipinski definition) is 4. The Balaban J connectivity index is 1.58. The summed E-state index contributed by atoms with van der Waals surface area (Å²) in [6.45, 7) is 3.68. The number of amides is 1. The number of anilines is 1. The summed E-state index contributed by atoms with van der Waals surface area (Å²) in [4.78, 5) is 22.5. The molecule has 194 valence electrons. The molecule has 3 aliphatic heterocycles. The van der Waals surface area contributed by atoms with Crippen LogP contribution in [0.4, 0.5) is 5.69 Å². The number of nitrogens with two attached hydrogens (primary N) is 1. The van der Waals surface area contributed by atoms with Crippen molar-refractivity contribution in [2.75, 3.05) is 5.32 Å². The van der Waals surface area contributed by atoms with Crippen LogP contribution in [0, 0.1) is 5.92 Å². The Morgan fingerprint density at radius 3 is 2.79 bits per heavy atom. The average molecular weight is 514 g/mol. The maximum Gasteiger partial charge on any atom is 0.249 e. The van der Waals surface area contributed by atoms with Crippen LogP contribution < -0.4 is 21.1 Å². The minimum atomic E-state index is -0.925. The number of carbonyl (C=O) groups is 1. The highest BCUT2D eigenvalue weighted by Crippen LogP contribution is 2.59. The molecule has 5 heterocycles. The summed E-state index contributed by atoms with van der Waals surface area (Å²) in [5.74, 6) is 1.37. The highest BCUT2D eigenvalue weighted by molar-refractivity contribution is 5.82. The number of aliphatic hydroxyl groups excluding tert-OH is 1. The fourth-order valence-corrected chi connectivity index (χ4v) is 5.84. The predicted molar refractivity (Wildman–Crippen MR) is 136 cm³/mol. The lowest BCUT2D eigenvalue weighted by Gasteiger charge is -2.28. The predicted octanol–water partition coefficient (Wildman–Crippen LogP) is 3.00. The molecule has 5 N–H and O–H groups in total. The lowest BCUT2D eigenvalue weighted by molar-refractivity contribution is -0.123. The van der Waals surface area contributed by atoms with E-state index in [2.05, 4.69) is 15.6 Å². The van der Waals surface area contributed by atoms with Crippen molar-refractivity contribution in [3.63, 3.8) is 0 Å². The maximum atomic E-state index is 13.1. The second-order valence-electron chi connectivity index (χ2n) is 10.4. The molecule has 0 fully saturated rings. The molecule has 0 saturated heterocycles. The first-order valence-corrected chi connectivity index (χ1v) is 12.7. The van der Waals surface area contributed by atoms with Crippen molar-refractivity contribution in [3.8, 4) is 17.3 Å². The summed E-state index contributed by atoms with van der Waals surface area (Å²) in [7, 11) is 0. The third kappa shape index (κ3) is 3.10. The van der Waals surface area contributed by atoms with Crippen LogP contribution in [0.1, 0.15) is 53.9 Å². The van der Waals surface area contributed by atoms with E-state index in [1.165, 1.54) is 6.26 Å². The quantitative estimate of drug-likeness (QED) is 0.324. The van der Waals surface area contributed by atoms with Crippen molar-refractivity contribution in [2.24, 2.45) is 11.7 Å². The molecule has 0 aliphatic carbocycles. The Bertz CT molecular complexity index is 1580. The van der Waals surface area contributed by atoms with E-state index in [-0.39, 0.29) is 24.3 Å². The Morgan fingerprint density at radius 2 is 2.00 bits per heavy atom. The third-order valence-corrected chi connectivity index (χ3v) is 7.69. The molecule has 1 spiro atoms. The molecule has 4 aromatic rings. The Labute approximate surface area is 218 Å². The molecule has 0 saturated carbocycles. The summed E-state index contributed by atoms with van der Waals surface area (Å²) in [6, 6.07) is 12.6. The largest absolute Gasteiger partial charge is 0.469 e. The summed E-state index contributed by atoms with van der Waals surface area (Å²) in [5.41, 5.74) is 9.86. The highest BCUT2D eigenvalue weighted by Gasteiger charge is 2.61. The number of oxazole rings is 2. The fraction of sp³-hybridized carbons (Fsp3) is 0.321. The van der Waals surface area contributed by atoms with Gasteiger partial charge in [-0.15, -0.1) is 0 Å². The van der Waals surface area contributed by atoms with Gasteiger partial charge in [-0.2, -0.15) is 0 Å². The molecule has 2 unspecified atom stereocenters. The van der Waals surface area contributed by atoms with Crippen molar-refractivity contribution in [1.29, 1.82) is 0 Å². The number of carbonyl (C=O) groups excluding carboxylic acids is 1. The van der Waals surface area contributed by atoms with Crippen LogP contribution in [0.25, 0.3) is 11.6 Å². The van der Waals surface area contributed by atoms with Crippen LogP contribution in [0.2, 0.25) is 0 Å². The molecule has 2 aromatic heterocycles. The zero-order valence-corrected chi connectivity index (χ0v) is 20.9. The minimum Gasteiger partial charge on any atom is -0.469 e. The zero-order chi connectivity index (χ0) is 26.2.